The molecular formula is C3H11N3O3S. The lowest BCUT2D eigenvalue weighted by Crippen LogP contribution is -2.20. The summed E-state index contributed by atoms with van der Waals surface area (Å²) in [5.41, 5.74) is 8.94. The van der Waals surface area contributed by atoms with Crippen LogP contribution in [0, 0.1) is 5.41 Å². The lowest BCUT2D eigenvalue weighted by atomic mass is 11.0. The minimum Gasteiger partial charge on any atom is -0.370 e. The molecule has 0 saturated carbocycles. The molecule has 6 nitrogen and oxygen atoms in total. The predicted octanol–water partition coefficient (Wildman–Crippen LogP) is -1.27. The van der Waals surface area contributed by atoms with Gasteiger partial charge >= 0.3 is 0 Å². The minimum absolute atomic E-state index is 0.201. The normalized spacial score (nSPS) is 9.40. The van der Waals surface area contributed by atoms with Crippen molar-refractivity contribution >= 4 is 16.1 Å². The van der Waals surface area contributed by atoms with Gasteiger partial charge in [-0.15, -0.1) is 0 Å². The summed E-state index contributed by atoms with van der Waals surface area (Å²) < 4.78 is 26.9. The highest BCUT2D eigenvalue weighted by atomic mass is 32.2. The van der Waals surface area contributed by atoms with Crippen molar-refractivity contribution in [2.45, 2.75) is 6.92 Å². The van der Waals surface area contributed by atoms with Crippen LogP contribution in [0.1, 0.15) is 6.92 Å². The van der Waals surface area contributed by atoms with Crippen molar-refractivity contribution < 1.29 is 13.0 Å². The molecule has 0 saturated heterocycles. The van der Waals surface area contributed by atoms with Gasteiger partial charge in [-0.2, -0.15) is 8.42 Å². The largest absolute Gasteiger partial charge is 0.370 e. The Kier molecular flexibility index (Phi) is 5.96. The SMILES string of the molecule is CCS(=O)(=O)O.N=C(N)N. The van der Waals surface area contributed by atoms with Crippen LogP contribution >= 0.6 is 0 Å². The standard InChI is InChI=1S/C2H6O3S.CH5N3/c1-2-6(3,4)5;2-1(3)4/h2H2,1H3,(H,3,4,5);(H5,2,3,4). The van der Waals surface area contributed by atoms with Gasteiger partial charge in [-0.05, 0) is 6.92 Å². The Morgan fingerprint density at radius 1 is 1.60 bits per heavy atom. The fraction of sp³-hybridized carbons (Fsp3) is 0.667. The Labute approximate surface area is 59.5 Å². The van der Waals surface area contributed by atoms with Gasteiger partial charge in [-0.1, -0.05) is 0 Å². The first-order valence-electron chi connectivity index (χ1n) is 2.34. The van der Waals surface area contributed by atoms with E-state index in [0.717, 1.165) is 0 Å². The molecular weight excluding hydrogens is 158 g/mol. The second kappa shape index (κ2) is 5.00. The lowest BCUT2D eigenvalue weighted by molar-refractivity contribution is 0.484. The average molecular weight is 169 g/mol. The molecule has 0 radical (unpaired) electrons. The number of hydrogen-bond acceptors (Lipinski definition) is 3. The Balaban J connectivity index is 0. The summed E-state index contributed by atoms with van der Waals surface area (Å²) >= 11 is 0. The fourth-order valence-electron chi connectivity index (χ4n) is 0. The highest BCUT2D eigenvalue weighted by molar-refractivity contribution is 7.85. The Bertz CT molecular complexity index is 181. The molecule has 0 rings (SSSR count). The summed E-state index contributed by atoms with van der Waals surface area (Å²) in [6.45, 7) is 1.37. The van der Waals surface area contributed by atoms with Gasteiger partial charge in [0, 0.05) is 0 Å². The van der Waals surface area contributed by atoms with Crippen LogP contribution in [0.3, 0.4) is 0 Å². The Hall–Kier alpha value is -0.820. The van der Waals surface area contributed by atoms with Gasteiger partial charge in [0.15, 0.2) is 5.96 Å². The molecule has 0 amide bonds. The van der Waals surface area contributed by atoms with Crippen LogP contribution in [-0.2, 0) is 10.1 Å². The van der Waals surface area contributed by atoms with Gasteiger partial charge in [0.25, 0.3) is 10.1 Å². The molecule has 0 spiro atoms. The number of guanidine groups is 1. The zero-order valence-corrected chi connectivity index (χ0v) is 6.35. The third-order valence-corrected chi connectivity index (χ3v) is 1.09. The zero-order valence-electron chi connectivity index (χ0n) is 5.53. The smallest absolute Gasteiger partial charge is 0.264 e. The maximum absolute atomic E-state index is 9.56. The van der Waals surface area contributed by atoms with Crippen LogP contribution in [0.15, 0.2) is 0 Å². The minimum atomic E-state index is -3.66. The van der Waals surface area contributed by atoms with Crippen LogP contribution in [0.2, 0.25) is 0 Å². The van der Waals surface area contributed by atoms with Gasteiger partial charge in [-0.25, -0.2) is 0 Å². The number of nitrogens with two attached hydrogens (primary N) is 2. The lowest BCUT2D eigenvalue weighted by Gasteiger charge is -1.79. The van der Waals surface area contributed by atoms with Gasteiger partial charge in [0.05, 0.1) is 5.75 Å². The molecule has 0 aliphatic rings. The van der Waals surface area contributed by atoms with E-state index in [0.29, 0.717) is 0 Å². The van der Waals surface area contributed by atoms with E-state index in [2.05, 4.69) is 11.5 Å². The van der Waals surface area contributed by atoms with E-state index in [4.69, 9.17) is 9.96 Å². The van der Waals surface area contributed by atoms with Crippen LogP contribution in [0.25, 0.3) is 0 Å². The number of rotatable bonds is 1. The molecule has 0 heterocycles. The van der Waals surface area contributed by atoms with Gasteiger partial charge in [0.2, 0.25) is 0 Å². The summed E-state index contributed by atoms with van der Waals surface area (Å²) in [5.74, 6) is -0.535. The van der Waals surface area contributed by atoms with E-state index in [1.54, 1.807) is 0 Å². The molecule has 0 atom stereocenters. The van der Waals surface area contributed by atoms with E-state index >= 15 is 0 Å². The number of nitrogens with one attached hydrogen (secondary N) is 1. The molecule has 6 N–H and O–H groups in total. The molecule has 0 aromatic heterocycles. The molecule has 10 heavy (non-hydrogen) atoms. The van der Waals surface area contributed by atoms with E-state index in [9.17, 15) is 8.42 Å². The molecule has 0 bridgehead atoms. The van der Waals surface area contributed by atoms with Crippen molar-refractivity contribution in [2.24, 2.45) is 11.5 Å². The average Bonchev–Trinajstić information content (AvgIpc) is 1.63. The Morgan fingerprint density at radius 2 is 1.70 bits per heavy atom. The molecule has 0 unspecified atom stereocenters. The van der Waals surface area contributed by atoms with Crippen molar-refractivity contribution in [1.82, 2.24) is 0 Å². The molecule has 0 aromatic rings. The van der Waals surface area contributed by atoms with Gasteiger partial charge in [0.1, 0.15) is 0 Å². The van der Waals surface area contributed by atoms with E-state index < -0.39 is 10.1 Å². The highest BCUT2D eigenvalue weighted by Gasteiger charge is 1.93. The topological polar surface area (TPSA) is 130 Å². The summed E-state index contributed by atoms with van der Waals surface area (Å²) in [4.78, 5) is 0. The predicted molar refractivity (Wildman–Crippen MR) is 38.2 cm³/mol. The van der Waals surface area contributed by atoms with Crippen molar-refractivity contribution in [2.75, 3.05) is 5.75 Å². The van der Waals surface area contributed by atoms with Crippen molar-refractivity contribution in [3.05, 3.63) is 0 Å². The van der Waals surface area contributed by atoms with Crippen molar-refractivity contribution in [3.8, 4) is 0 Å². The fourth-order valence-corrected chi connectivity index (χ4v) is 0. The Morgan fingerprint density at radius 3 is 1.70 bits per heavy atom. The van der Waals surface area contributed by atoms with Crippen LogP contribution in [0.5, 0.6) is 0 Å². The van der Waals surface area contributed by atoms with E-state index in [-0.39, 0.29) is 11.7 Å². The zero-order chi connectivity index (χ0) is 8.78. The van der Waals surface area contributed by atoms with Gasteiger partial charge in [-0.3, -0.25) is 9.96 Å². The summed E-state index contributed by atoms with van der Waals surface area (Å²) in [7, 11) is -3.66. The first kappa shape index (κ1) is 11.9. The maximum atomic E-state index is 9.56. The van der Waals surface area contributed by atoms with Crippen molar-refractivity contribution in [1.29, 1.82) is 5.41 Å². The summed E-state index contributed by atoms with van der Waals surface area (Å²) in [5, 5.41) is 6.06. The summed E-state index contributed by atoms with van der Waals surface area (Å²) in [6, 6.07) is 0. The molecule has 62 valence electrons. The monoisotopic (exact) mass is 169 g/mol. The third-order valence-electron chi connectivity index (χ3n) is 0.365. The maximum Gasteiger partial charge on any atom is 0.264 e. The van der Waals surface area contributed by atoms with Crippen LogP contribution in [0.4, 0.5) is 0 Å². The molecule has 0 aliphatic heterocycles. The molecule has 0 aromatic carbocycles. The molecule has 7 heteroatoms. The first-order valence-corrected chi connectivity index (χ1v) is 3.95. The first-order chi connectivity index (χ1) is 4.29. The second-order valence-corrected chi connectivity index (χ2v) is 3.07. The van der Waals surface area contributed by atoms with E-state index in [1.807, 2.05) is 0 Å². The quantitative estimate of drug-likeness (QED) is 0.221. The second-order valence-electron chi connectivity index (χ2n) is 1.33. The molecule has 0 aliphatic carbocycles. The van der Waals surface area contributed by atoms with Crippen LogP contribution in [-0.4, -0.2) is 24.7 Å². The highest BCUT2D eigenvalue weighted by Crippen LogP contribution is 1.74. The van der Waals surface area contributed by atoms with E-state index in [1.165, 1.54) is 6.92 Å². The third kappa shape index (κ3) is 57.7. The van der Waals surface area contributed by atoms with Crippen LogP contribution < -0.4 is 11.5 Å². The summed E-state index contributed by atoms with van der Waals surface area (Å²) in [6.07, 6.45) is 0. The number of hydrogen-bond donors (Lipinski definition) is 4. The van der Waals surface area contributed by atoms with Gasteiger partial charge < -0.3 is 11.5 Å². The van der Waals surface area contributed by atoms with Crippen molar-refractivity contribution in [3.63, 3.8) is 0 Å². The molecule has 0 fully saturated rings.